The van der Waals surface area contributed by atoms with Gasteiger partial charge in [0.15, 0.2) is 5.16 Å². The molecule has 0 aliphatic rings. The zero-order valence-corrected chi connectivity index (χ0v) is 7.97. The topological polar surface area (TPSA) is 37.8 Å². The van der Waals surface area contributed by atoms with Gasteiger partial charge in [-0.25, -0.2) is 9.97 Å². The van der Waals surface area contributed by atoms with Crippen LogP contribution in [0.1, 0.15) is 6.42 Å². The first-order valence-corrected chi connectivity index (χ1v) is 4.96. The van der Waals surface area contributed by atoms with E-state index in [9.17, 15) is 0 Å². The molecule has 0 atom stereocenters. The van der Waals surface area contributed by atoms with Gasteiger partial charge in [-0.05, 0) is 26.1 Å². The SMILES string of the molecule is CNCCCSc1ncccn1. The van der Waals surface area contributed by atoms with Crippen LogP contribution in [0.2, 0.25) is 0 Å². The number of aromatic nitrogens is 2. The fourth-order valence-electron chi connectivity index (χ4n) is 0.772. The van der Waals surface area contributed by atoms with Crippen molar-refractivity contribution in [3.63, 3.8) is 0 Å². The van der Waals surface area contributed by atoms with Crippen molar-refractivity contribution in [3.05, 3.63) is 18.5 Å². The molecule has 0 aliphatic carbocycles. The minimum absolute atomic E-state index is 0.869. The van der Waals surface area contributed by atoms with E-state index in [1.807, 2.05) is 13.1 Å². The van der Waals surface area contributed by atoms with E-state index >= 15 is 0 Å². The fourth-order valence-corrected chi connectivity index (χ4v) is 1.51. The van der Waals surface area contributed by atoms with Gasteiger partial charge in [0.2, 0.25) is 0 Å². The third-order valence-corrected chi connectivity index (χ3v) is 2.31. The Balaban J connectivity index is 2.16. The Morgan fingerprint density at radius 2 is 2.17 bits per heavy atom. The minimum atomic E-state index is 0.869. The third kappa shape index (κ3) is 3.69. The molecule has 1 heterocycles. The molecule has 12 heavy (non-hydrogen) atoms. The predicted octanol–water partition coefficient (Wildman–Crippen LogP) is 1.18. The normalized spacial score (nSPS) is 10.1. The highest BCUT2D eigenvalue weighted by atomic mass is 32.2. The van der Waals surface area contributed by atoms with E-state index in [4.69, 9.17) is 0 Å². The molecule has 0 radical (unpaired) electrons. The average molecular weight is 183 g/mol. The average Bonchev–Trinajstić information content (AvgIpc) is 2.14. The van der Waals surface area contributed by atoms with Crippen molar-refractivity contribution in [1.29, 1.82) is 0 Å². The highest BCUT2D eigenvalue weighted by Gasteiger charge is 1.93. The third-order valence-electron chi connectivity index (χ3n) is 1.34. The standard InChI is InChI=1S/C8H13N3S/c1-9-4-3-7-12-8-10-5-2-6-11-8/h2,5-6,9H,3-4,7H2,1H3. The molecule has 0 bridgehead atoms. The van der Waals surface area contributed by atoms with E-state index in [0.29, 0.717) is 0 Å². The van der Waals surface area contributed by atoms with Crippen LogP contribution in [-0.2, 0) is 0 Å². The Labute approximate surface area is 77.0 Å². The lowest BCUT2D eigenvalue weighted by molar-refractivity contribution is 0.776. The summed E-state index contributed by atoms with van der Waals surface area (Å²) in [4.78, 5) is 8.22. The molecule has 3 nitrogen and oxygen atoms in total. The van der Waals surface area contributed by atoms with Crippen LogP contribution in [0.15, 0.2) is 23.6 Å². The van der Waals surface area contributed by atoms with Crippen molar-refractivity contribution in [2.75, 3.05) is 19.3 Å². The maximum atomic E-state index is 4.11. The Morgan fingerprint density at radius 1 is 1.42 bits per heavy atom. The largest absolute Gasteiger partial charge is 0.320 e. The lowest BCUT2D eigenvalue weighted by Gasteiger charge is -1.98. The monoisotopic (exact) mass is 183 g/mol. The van der Waals surface area contributed by atoms with Gasteiger partial charge in [0.05, 0.1) is 0 Å². The molecular weight excluding hydrogens is 170 g/mol. The summed E-state index contributed by atoms with van der Waals surface area (Å²) in [6.07, 6.45) is 4.69. The summed E-state index contributed by atoms with van der Waals surface area (Å²) in [7, 11) is 1.96. The van der Waals surface area contributed by atoms with Crippen molar-refractivity contribution in [2.24, 2.45) is 0 Å². The summed E-state index contributed by atoms with van der Waals surface area (Å²) in [6.45, 7) is 1.06. The van der Waals surface area contributed by atoms with Crippen molar-refractivity contribution >= 4 is 11.8 Å². The van der Waals surface area contributed by atoms with Crippen LogP contribution in [-0.4, -0.2) is 29.3 Å². The molecule has 0 amide bonds. The second kappa shape index (κ2) is 5.97. The lowest BCUT2D eigenvalue weighted by atomic mass is 10.5. The van der Waals surface area contributed by atoms with E-state index in [-0.39, 0.29) is 0 Å². The molecule has 1 aromatic rings. The summed E-state index contributed by atoms with van der Waals surface area (Å²) >= 11 is 1.70. The van der Waals surface area contributed by atoms with Crippen molar-refractivity contribution in [3.8, 4) is 0 Å². The Hall–Kier alpha value is -0.610. The Morgan fingerprint density at radius 3 is 2.83 bits per heavy atom. The molecular formula is C8H13N3S. The summed E-state index contributed by atoms with van der Waals surface area (Å²) in [5.74, 6) is 1.07. The zero-order valence-electron chi connectivity index (χ0n) is 7.16. The molecule has 0 saturated heterocycles. The van der Waals surface area contributed by atoms with E-state index in [1.54, 1.807) is 24.2 Å². The van der Waals surface area contributed by atoms with Gasteiger partial charge in [0, 0.05) is 18.1 Å². The molecule has 66 valence electrons. The fraction of sp³-hybridized carbons (Fsp3) is 0.500. The summed E-state index contributed by atoms with van der Waals surface area (Å²) in [6, 6.07) is 1.83. The molecule has 0 unspecified atom stereocenters. The minimum Gasteiger partial charge on any atom is -0.320 e. The van der Waals surface area contributed by atoms with Gasteiger partial charge in [0.1, 0.15) is 0 Å². The first kappa shape index (κ1) is 9.48. The molecule has 1 rings (SSSR count). The number of hydrogen-bond acceptors (Lipinski definition) is 4. The Kier molecular flexibility index (Phi) is 4.71. The van der Waals surface area contributed by atoms with Crippen LogP contribution in [0.25, 0.3) is 0 Å². The molecule has 0 saturated carbocycles. The van der Waals surface area contributed by atoms with Crippen molar-refractivity contribution in [1.82, 2.24) is 15.3 Å². The molecule has 1 aromatic heterocycles. The van der Waals surface area contributed by atoms with Crippen LogP contribution in [0.5, 0.6) is 0 Å². The first-order chi connectivity index (χ1) is 5.93. The molecule has 1 N–H and O–H groups in total. The first-order valence-electron chi connectivity index (χ1n) is 3.98. The van der Waals surface area contributed by atoms with Crippen LogP contribution >= 0.6 is 11.8 Å². The maximum Gasteiger partial charge on any atom is 0.187 e. The summed E-state index contributed by atoms with van der Waals surface area (Å²) in [5, 5.41) is 3.97. The van der Waals surface area contributed by atoms with Crippen LogP contribution in [0.3, 0.4) is 0 Å². The van der Waals surface area contributed by atoms with Gasteiger partial charge in [-0.15, -0.1) is 0 Å². The van der Waals surface area contributed by atoms with Crippen LogP contribution < -0.4 is 5.32 Å². The number of nitrogens with one attached hydrogen (secondary N) is 1. The van der Waals surface area contributed by atoms with Crippen molar-refractivity contribution < 1.29 is 0 Å². The summed E-state index contributed by atoms with van der Waals surface area (Å²) < 4.78 is 0. The van der Waals surface area contributed by atoms with E-state index in [0.717, 1.165) is 23.9 Å². The lowest BCUT2D eigenvalue weighted by Crippen LogP contribution is -2.08. The van der Waals surface area contributed by atoms with Crippen molar-refractivity contribution in [2.45, 2.75) is 11.6 Å². The highest BCUT2D eigenvalue weighted by molar-refractivity contribution is 7.99. The van der Waals surface area contributed by atoms with Gasteiger partial charge in [-0.2, -0.15) is 0 Å². The second-order valence-electron chi connectivity index (χ2n) is 2.34. The molecule has 0 spiro atoms. The van der Waals surface area contributed by atoms with Gasteiger partial charge in [-0.1, -0.05) is 11.8 Å². The van der Waals surface area contributed by atoms with Gasteiger partial charge < -0.3 is 5.32 Å². The van der Waals surface area contributed by atoms with E-state index < -0.39 is 0 Å². The molecule has 0 aromatic carbocycles. The molecule has 4 heteroatoms. The predicted molar refractivity (Wildman–Crippen MR) is 51.3 cm³/mol. The number of nitrogens with zero attached hydrogens (tertiary/aromatic N) is 2. The van der Waals surface area contributed by atoms with E-state index in [1.165, 1.54) is 0 Å². The quantitative estimate of drug-likeness (QED) is 0.422. The molecule has 0 aliphatic heterocycles. The number of thioether (sulfide) groups is 1. The zero-order chi connectivity index (χ0) is 8.65. The van der Waals surface area contributed by atoms with Crippen LogP contribution in [0, 0.1) is 0 Å². The van der Waals surface area contributed by atoms with Crippen LogP contribution in [0.4, 0.5) is 0 Å². The Bertz CT molecular complexity index is 203. The maximum absolute atomic E-state index is 4.11. The summed E-state index contributed by atoms with van der Waals surface area (Å²) in [5.41, 5.74) is 0. The smallest absolute Gasteiger partial charge is 0.187 e. The number of hydrogen-bond donors (Lipinski definition) is 1. The van der Waals surface area contributed by atoms with E-state index in [2.05, 4.69) is 15.3 Å². The highest BCUT2D eigenvalue weighted by Crippen LogP contribution is 2.11. The van der Waals surface area contributed by atoms with Gasteiger partial charge >= 0.3 is 0 Å². The van der Waals surface area contributed by atoms with Gasteiger partial charge in [0.25, 0.3) is 0 Å². The molecule has 0 fully saturated rings. The van der Waals surface area contributed by atoms with Gasteiger partial charge in [-0.3, -0.25) is 0 Å². The second-order valence-corrected chi connectivity index (χ2v) is 3.40. The number of rotatable bonds is 5.